The molecule has 59 heavy (non-hydrogen) atoms. The molecule has 6 aromatic rings. The third-order valence-corrected chi connectivity index (χ3v) is 14.4. The number of nitrogens with zero attached hydrogens (tertiary/aromatic N) is 2. The van der Waals surface area contributed by atoms with E-state index in [9.17, 15) is 21.6 Å². The Kier molecular flexibility index (Phi) is 12.7. The van der Waals surface area contributed by atoms with Gasteiger partial charge in [0.15, 0.2) is 6.29 Å². The maximum absolute atomic E-state index is 13.7. The molecule has 0 aliphatic carbocycles. The Labute approximate surface area is 355 Å². The van der Waals surface area contributed by atoms with Crippen molar-refractivity contribution in [2.45, 2.75) is 41.0 Å². The first-order valence-electron chi connectivity index (χ1n) is 18.6. The fourth-order valence-corrected chi connectivity index (χ4v) is 10.9. The van der Waals surface area contributed by atoms with E-state index >= 15 is 0 Å². The number of benzene rings is 6. The molecule has 0 saturated carbocycles. The summed E-state index contributed by atoms with van der Waals surface area (Å²) in [7, 11) is -4.51. The lowest BCUT2D eigenvalue weighted by atomic mass is 9.93. The molecule has 0 amide bonds. The van der Waals surface area contributed by atoms with E-state index in [1.807, 2.05) is 97.1 Å². The lowest BCUT2D eigenvalue weighted by Crippen LogP contribution is -2.38. The van der Waals surface area contributed by atoms with Crippen LogP contribution in [0.5, 0.6) is 0 Å². The number of aryl methyl sites for hydroxylation is 1. The number of aldehydes is 1. The highest BCUT2D eigenvalue weighted by Gasteiger charge is 2.37. The molecule has 2 aliphatic rings. The summed E-state index contributed by atoms with van der Waals surface area (Å²) in [5.41, 5.74) is 6.25. The van der Waals surface area contributed by atoms with Gasteiger partial charge in [-0.3, -0.25) is 13.4 Å². The quantitative estimate of drug-likeness (QED) is 0.0996. The van der Waals surface area contributed by atoms with Crippen molar-refractivity contribution in [1.82, 2.24) is 0 Å². The van der Waals surface area contributed by atoms with Crippen molar-refractivity contribution in [1.29, 1.82) is 0 Å². The largest absolute Gasteiger partial charge is 0.352 e. The molecule has 0 N–H and O–H groups in total. The number of anilines is 2. The molecule has 0 fully saturated rings. The number of ether oxygens (including phenoxy) is 2. The third-order valence-electron chi connectivity index (χ3n) is 10.3. The maximum atomic E-state index is 13.7. The van der Waals surface area contributed by atoms with Crippen LogP contribution in [-0.2, 0) is 35.9 Å². The van der Waals surface area contributed by atoms with E-state index in [1.165, 1.54) is 32.9 Å². The van der Waals surface area contributed by atoms with Crippen LogP contribution in [0, 0.1) is 0 Å². The predicted molar refractivity (Wildman–Crippen MR) is 233 cm³/mol. The van der Waals surface area contributed by atoms with Gasteiger partial charge in [0.25, 0.3) is 20.0 Å². The van der Waals surface area contributed by atoms with Crippen LogP contribution in [0.15, 0.2) is 161 Å². The van der Waals surface area contributed by atoms with Crippen molar-refractivity contribution >= 4 is 67.0 Å². The first kappa shape index (κ1) is 41.9. The molecule has 0 saturated heterocycles. The van der Waals surface area contributed by atoms with Crippen molar-refractivity contribution < 1.29 is 31.1 Å². The zero-order valence-corrected chi connectivity index (χ0v) is 35.2. The number of para-hydroxylation sites is 2. The summed E-state index contributed by atoms with van der Waals surface area (Å²) in [5.74, 6) is 0. The molecule has 0 aromatic heterocycles. The van der Waals surface area contributed by atoms with E-state index in [-0.39, 0.29) is 15.8 Å². The molecule has 2 heterocycles. The van der Waals surface area contributed by atoms with E-state index in [1.54, 1.807) is 50.6 Å². The van der Waals surface area contributed by atoms with Crippen molar-refractivity contribution in [3.8, 4) is 0 Å². The van der Waals surface area contributed by atoms with Crippen LogP contribution in [0.3, 0.4) is 0 Å². The molecule has 13 heteroatoms. The SMILES string of the molecule is COC(OC)c1ccc(C2C=Cc3ccccc3N2S(=O)(=O)c2ccc(Cl)cc2)cc1.O=Cc1ccc(C2CCc3ccccc3N2S(=O)(=O)c2ccc(Cl)cc2)cc1. The summed E-state index contributed by atoms with van der Waals surface area (Å²) in [6.45, 7) is 0. The number of carbonyl (C=O) groups is 1. The van der Waals surface area contributed by atoms with Gasteiger partial charge in [-0.2, -0.15) is 0 Å². The van der Waals surface area contributed by atoms with Crippen LogP contribution in [-0.4, -0.2) is 37.3 Å². The smallest absolute Gasteiger partial charge is 0.265 e. The topological polar surface area (TPSA) is 110 Å². The number of hydrogen-bond donors (Lipinski definition) is 0. The molecular weight excluding hydrogens is 828 g/mol. The Morgan fingerprint density at radius 3 is 1.73 bits per heavy atom. The standard InChI is InChI=1S/C24H22ClNO4S.C22H18ClNO3S/c1-29-24(30-2)19-9-7-18(8-10-19)23-16-11-17-5-3-4-6-22(17)26(23)31(27,28)21-14-12-20(25)13-15-21;23-19-10-12-20(13-11-19)28(26,27)24-21-4-2-1-3-17(21)9-14-22(24)18-7-5-16(15-25)6-8-18/h3-16,23-24H,1-2H3;1-8,10-13,15,22H,9,14H2. The number of rotatable bonds is 10. The van der Waals surface area contributed by atoms with Crippen molar-refractivity contribution in [2.24, 2.45) is 0 Å². The number of sulfonamides is 2. The molecule has 8 rings (SSSR count). The lowest BCUT2D eigenvalue weighted by Gasteiger charge is -2.38. The molecule has 0 bridgehead atoms. The molecule has 302 valence electrons. The van der Waals surface area contributed by atoms with Gasteiger partial charge in [0.05, 0.1) is 33.2 Å². The van der Waals surface area contributed by atoms with E-state index in [4.69, 9.17) is 32.7 Å². The van der Waals surface area contributed by atoms with Gasteiger partial charge in [-0.05, 0) is 95.8 Å². The number of hydrogen-bond acceptors (Lipinski definition) is 7. The van der Waals surface area contributed by atoms with E-state index in [2.05, 4.69) is 0 Å². The summed E-state index contributed by atoms with van der Waals surface area (Å²) in [6.07, 6.45) is 5.59. The first-order chi connectivity index (χ1) is 28.5. The Morgan fingerprint density at radius 2 is 1.15 bits per heavy atom. The van der Waals surface area contributed by atoms with Gasteiger partial charge in [0.2, 0.25) is 0 Å². The van der Waals surface area contributed by atoms with Crippen molar-refractivity contribution in [3.05, 3.63) is 195 Å². The highest BCUT2D eigenvalue weighted by atomic mass is 35.5. The predicted octanol–water partition coefficient (Wildman–Crippen LogP) is 10.6. The zero-order chi connectivity index (χ0) is 41.7. The second kappa shape index (κ2) is 17.9. The van der Waals surface area contributed by atoms with Gasteiger partial charge in [0, 0.05) is 35.4 Å². The second-order valence-electron chi connectivity index (χ2n) is 13.8. The highest BCUT2D eigenvalue weighted by molar-refractivity contribution is 7.93. The minimum Gasteiger partial charge on any atom is -0.352 e. The highest BCUT2D eigenvalue weighted by Crippen LogP contribution is 2.43. The molecule has 6 aromatic carbocycles. The maximum Gasteiger partial charge on any atom is 0.265 e. The zero-order valence-electron chi connectivity index (χ0n) is 32.1. The Hall–Kier alpha value is -5.27. The summed E-state index contributed by atoms with van der Waals surface area (Å²) in [4.78, 5) is 11.4. The summed E-state index contributed by atoms with van der Waals surface area (Å²) in [5, 5.41) is 0.967. The Bertz CT molecular complexity index is 2670. The molecule has 2 aliphatic heterocycles. The number of halogens is 2. The van der Waals surface area contributed by atoms with Crippen molar-refractivity contribution in [3.63, 3.8) is 0 Å². The van der Waals surface area contributed by atoms with Gasteiger partial charge in [-0.1, -0.05) is 120 Å². The van der Waals surface area contributed by atoms with E-state index in [0.29, 0.717) is 33.4 Å². The second-order valence-corrected chi connectivity index (χ2v) is 18.3. The average Bonchev–Trinajstić information content (AvgIpc) is 3.26. The molecule has 0 spiro atoms. The minimum atomic E-state index is -3.85. The van der Waals surface area contributed by atoms with E-state index < -0.39 is 32.4 Å². The molecule has 2 atom stereocenters. The van der Waals surface area contributed by atoms with Gasteiger partial charge < -0.3 is 9.47 Å². The molecule has 9 nitrogen and oxygen atoms in total. The lowest BCUT2D eigenvalue weighted by molar-refractivity contribution is -0.106. The average molecular weight is 868 g/mol. The van der Waals surface area contributed by atoms with Crippen LogP contribution < -0.4 is 8.61 Å². The van der Waals surface area contributed by atoms with Crippen molar-refractivity contribution in [2.75, 3.05) is 22.8 Å². The number of carbonyl (C=O) groups excluding carboxylic acids is 1. The molecular formula is C46H40Cl2N2O7S2. The van der Waals surface area contributed by atoms with Gasteiger partial charge in [-0.25, -0.2) is 16.8 Å². The summed E-state index contributed by atoms with van der Waals surface area (Å²) in [6, 6.07) is 41.3. The fourth-order valence-electron chi connectivity index (χ4n) is 7.35. The van der Waals surface area contributed by atoms with Crippen LogP contribution >= 0.6 is 23.2 Å². The van der Waals surface area contributed by atoms with Crippen LogP contribution in [0.1, 0.15) is 63.0 Å². The number of fused-ring (bicyclic) bond motifs is 2. The first-order valence-corrected chi connectivity index (χ1v) is 22.3. The monoisotopic (exact) mass is 866 g/mol. The van der Waals surface area contributed by atoms with Crippen LogP contribution in [0.4, 0.5) is 11.4 Å². The summed E-state index contributed by atoms with van der Waals surface area (Å²) < 4.78 is 68.2. The summed E-state index contributed by atoms with van der Waals surface area (Å²) >= 11 is 11.9. The third kappa shape index (κ3) is 8.72. The van der Waals surface area contributed by atoms with Gasteiger partial charge in [0.1, 0.15) is 6.29 Å². The van der Waals surface area contributed by atoms with Gasteiger partial charge >= 0.3 is 0 Å². The normalized spacial score (nSPS) is 16.2. The number of methoxy groups -OCH3 is 2. The Balaban J connectivity index is 0.000000180. The van der Waals surface area contributed by atoms with Gasteiger partial charge in [-0.15, -0.1) is 0 Å². The minimum absolute atomic E-state index is 0.183. The molecule has 2 unspecified atom stereocenters. The van der Waals surface area contributed by atoms with Crippen LogP contribution in [0.2, 0.25) is 10.0 Å². The Morgan fingerprint density at radius 1 is 0.627 bits per heavy atom. The van der Waals surface area contributed by atoms with Crippen LogP contribution in [0.25, 0.3) is 6.08 Å². The van der Waals surface area contributed by atoms with E-state index in [0.717, 1.165) is 40.5 Å². The molecule has 0 radical (unpaired) electrons. The fraction of sp³-hybridized carbons (Fsp3) is 0.152.